The third-order valence-electron chi connectivity index (χ3n) is 11.3. The number of aliphatic hydroxyl groups excluding tert-OH is 1. The number of amides is 2. The fourth-order valence-electron chi connectivity index (χ4n) is 8.58. The zero-order valence-electron chi connectivity index (χ0n) is 30.2. The van der Waals surface area contributed by atoms with Crippen molar-refractivity contribution in [2.24, 2.45) is 5.92 Å². The zero-order valence-corrected chi connectivity index (χ0v) is 31.2. The van der Waals surface area contributed by atoms with E-state index in [-0.39, 0.29) is 36.0 Å². The van der Waals surface area contributed by atoms with E-state index in [1.807, 2.05) is 102 Å². The summed E-state index contributed by atoms with van der Waals surface area (Å²) >= 11 is 0. The number of nitrogens with zero attached hydrogens (tertiary/aromatic N) is 5. The lowest BCUT2D eigenvalue weighted by atomic mass is 9.82. The van der Waals surface area contributed by atoms with Gasteiger partial charge in [-0.3, -0.25) is 19.2 Å². The first-order valence-corrected chi connectivity index (χ1v) is 20.8. The number of aliphatic hydroxyl groups is 1. The normalized spacial score (nSPS) is 21.7. The Bertz CT molecular complexity index is 2040. The molecule has 7 rings (SSSR count). The van der Waals surface area contributed by atoms with Crippen molar-refractivity contribution in [2.75, 3.05) is 30.6 Å². The molecule has 268 valence electrons. The molecular formula is C41H45N5O5Si. The molecule has 1 aromatic heterocycles. The standard InChI is InChI=1S/C41H45N5O5Si/c1-28-39(52(4,5)33-19-17-32(50-3)18-20-33)38(22-23-45-25-36(42-43-45)34(26-47)29-12-8-6-9-13-29)51-41(28)35-24-31(16-21-37(35)44(2)40(41)49)46(27-48)30-14-10-7-11-15-30/h6-21,24-25,27-28,34,38-39,47H,22-23,26H2,1-5H3/t28-,34?,38+,39-,41+/m1/s1. The van der Waals surface area contributed by atoms with E-state index in [0.29, 0.717) is 24.3 Å². The summed E-state index contributed by atoms with van der Waals surface area (Å²) < 4.78 is 14.5. The van der Waals surface area contributed by atoms with Gasteiger partial charge in [0.2, 0.25) is 6.41 Å². The third-order valence-corrected chi connectivity index (χ3v) is 15.7. The molecule has 11 heteroatoms. The van der Waals surface area contributed by atoms with Crippen LogP contribution in [0, 0.1) is 5.92 Å². The lowest BCUT2D eigenvalue weighted by Gasteiger charge is -2.37. The molecule has 1 saturated heterocycles. The molecule has 1 N–H and O–H groups in total. The molecule has 1 unspecified atom stereocenters. The molecule has 0 bridgehead atoms. The maximum Gasteiger partial charge on any atom is 0.264 e. The van der Waals surface area contributed by atoms with E-state index < -0.39 is 13.7 Å². The van der Waals surface area contributed by atoms with E-state index in [1.54, 1.807) is 24.0 Å². The van der Waals surface area contributed by atoms with Gasteiger partial charge >= 0.3 is 0 Å². The summed E-state index contributed by atoms with van der Waals surface area (Å²) in [6.07, 6.45) is 3.01. The number of aromatic nitrogens is 3. The van der Waals surface area contributed by atoms with Crippen molar-refractivity contribution in [3.63, 3.8) is 0 Å². The maximum atomic E-state index is 14.6. The first-order valence-electron chi connectivity index (χ1n) is 17.7. The van der Waals surface area contributed by atoms with Gasteiger partial charge in [0.1, 0.15) is 5.75 Å². The number of ether oxygens (including phenoxy) is 2. The number of methoxy groups -OCH3 is 1. The van der Waals surface area contributed by atoms with Gasteiger partial charge in [0.15, 0.2) is 5.60 Å². The van der Waals surface area contributed by atoms with Crippen molar-refractivity contribution in [1.82, 2.24) is 15.0 Å². The molecule has 0 saturated carbocycles. The van der Waals surface area contributed by atoms with Crippen molar-refractivity contribution in [2.45, 2.75) is 56.1 Å². The van der Waals surface area contributed by atoms with E-state index in [2.05, 4.69) is 42.5 Å². The van der Waals surface area contributed by atoms with E-state index in [9.17, 15) is 14.7 Å². The number of carbonyl (C=O) groups excluding carboxylic acids is 2. The van der Waals surface area contributed by atoms with E-state index in [0.717, 1.165) is 34.7 Å². The van der Waals surface area contributed by atoms with Crippen LogP contribution in [0.15, 0.2) is 109 Å². The smallest absolute Gasteiger partial charge is 0.264 e. The number of likely N-dealkylation sites (N-methyl/N-ethyl adjacent to an activating group) is 1. The Morgan fingerprint density at radius 2 is 1.69 bits per heavy atom. The van der Waals surface area contributed by atoms with E-state index in [1.165, 1.54) is 5.19 Å². The predicted octanol–water partition coefficient (Wildman–Crippen LogP) is 5.99. The third kappa shape index (κ3) is 5.92. The Morgan fingerprint density at radius 1 is 1.00 bits per heavy atom. The second-order valence-corrected chi connectivity index (χ2v) is 19.1. The van der Waals surface area contributed by atoms with Gasteiger partial charge in [0.25, 0.3) is 5.91 Å². The largest absolute Gasteiger partial charge is 0.497 e. The monoisotopic (exact) mass is 715 g/mol. The minimum atomic E-state index is -2.37. The Morgan fingerprint density at radius 3 is 2.35 bits per heavy atom. The molecule has 0 radical (unpaired) electrons. The Kier molecular flexibility index (Phi) is 9.60. The van der Waals surface area contributed by atoms with Crippen LogP contribution >= 0.6 is 0 Å². The summed E-state index contributed by atoms with van der Waals surface area (Å²) in [7, 11) is 1.10. The quantitative estimate of drug-likeness (QED) is 0.125. The summed E-state index contributed by atoms with van der Waals surface area (Å²) in [5.41, 5.74) is 3.40. The number of hydrogen-bond donors (Lipinski definition) is 1. The van der Waals surface area contributed by atoms with Gasteiger partial charge in [0.05, 0.1) is 45.2 Å². The van der Waals surface area contributed by atoms with Gasteiger partial charge in [-0.15, -0.1) is 5.10 Å². The van der Waals surface area contributed by atoms with Crippen LogP contribution in [0.3, 0.4) is 0 Å². The Balaban J connectivity index is 1.27. The predicted molar refractivity (Wildman–Crippen MR) is 204 cm³/mol. The minimum absolute atomic E-state index is 0.0293. The van der Waals surface area contributed by atoms with Crippen LogP contribution in [0.5, 0.6) is 5.75 Å². The molecule has 3 heterocycles. The highest BCUT2D eigenvalue weighted by Crippen LogP contribution is 2.60. The molecule has 5 atom stereocenters. The molecular weight excluding hydrogens is 671 g/mol. The summed E-state index contributed by atoms with van der Waals surface area (Å²) in [6, 6.07) is 33.4. The molecule has 0 aliphatic carbocycles. The molecule has 1 spiro atoms. The van der Waals surface area contributed by atoms with Crippen LogP contribution in [-0.2, 0) is 26.5 Å². The van der Waals surface area contributed by atoms with Crippen molar-refractivity contribution < 1.29 is 24.2 Å². The van der Waals surface area contributed by atoms with Crippen LogP contribution in [0.4, 0.5) is 17.1 Å². The molecule has 2 aliphatic rings. The lowest BCUT2D eigenvalue weighted by Crippen LogP contribution is -2.51. The summed E-state index contributed by atoms with van der Waals surface area (Å²) in [5, 5.41) is 20.4. The van der Waals surface area contributed by atoms with Crippen molar-refractivity contribution in [3.8, 4) is 5.75 Å². The van der Waals surface area contributed by atoms with Gasteiger partial charge in [-0.05, 0) is 60.0 Å². The SMILES string of the molecule is COc1ccc([Si](C)(C)[C@H]2[C@H](CCn3cc(C(CO)c4ccccc4)nn3)O[C@@]3(C(=O)N(C)c4ccc(N(C=O)c5ccccc5)cc43)[C@@H]2C)cc1. The summed E-state index contributed by atoms with van der Waals surface area (Å²) in [4.78, 5) is 30.4. The average Bonchev–Trinajstić information content (AvgIpc) is 3.82. The van der Waals surface area contributed by atoms with E-state index >= 15 is 0 Å². The molecule has 2 amide bonds. The lowest BCUT2D eigenvalue weighted by molar-refractivity contribution is -0.145. The van der Waals surface area contributed by atoms with Crippen LogP contribution in [0.25, 0.3) is 0 Å². The highest BCUT2D eigenvalue weighted by atomic mass is 28.3. The topological polar surface area (TPSA) is 110 Å². The number of para-hydroxylation sites is 1. The van der Waals surface area contributed by atoms with Gasteiger partial charge < -0.3 is 19.5 Å². The molecule has 1 fully saturated rings. The molecule has 10 nitrogen and oxygen atoms in total. The molecule has 4 aromatic carbocycles. The molecule has 52 heavy (non-hydrogen) atoms. The van der Waals surface area contributed by atoms with Crippen LogP contribution in [0.2, 0.25) is 18.6 Å². The van der Waals surface area contributed by atoms with Gasteiger partial charge in [-0.2, -0.15) is 0 Å². The van der Waals surface area contributed by atoms with Crippen molar-refractivity contribution >= 4 is 42.6 Å². The fourth-order valence-corrected chi connectivity index (χ4v) is 12.6. The Labute approximate surface area is 305 Å². The number of carbonyl (C=O) groups is 2. The van der Waals surface area contributed by atoms with Crippen molar-refractivity contribution in [1.29, 1.82) is 0 Å². The summed E-state index contributed by atoms with van der Waals surface area (Å²) in [5.74, 6) is 0.211. The van der Waals surface area contributed by atoms with Crippen LogP contribution < -0.4 is 19.7 Å². The number of anilines is 3. The number of rotatable bonds is 12. The average molecular weight is 716 g/mol. The number of benzene rings is 4. The second kappa shape index (κ2) is 14.1. The number of aryl methyl sites for hydroxylation is 1. The van der Waals surface area contributed by atoms with Crippen LogP contribution in [-0.4, -0.2) is 67.4 Å². The summed E-state index contributed by atoms with van der Waals surface area (Å²) in [6.45, 7) is 7.30. The number of fused-ring (bicyclic) bond motifs is 2. The van der Waals surface area contributed by atoms with Crippen molar-refractivity contribution in [3.05, 3.63) is 126 Å². The van der Waals surface area contributed by atoms with E-state index in [4.69, 9.17) is 9.47 Å². The highest BCUT2D eigenvalue weighted by molar-refractivity contribution is 6.91. The zero-order chi connectivity index (χ0) is 36.6. The maximum absolute atomic E-state index is 14.6. The van der Waals surface area contributed by atoms with Gasteiger partial charge in [-0.25, -0.2) is 0 Å². The molecule has 2 aliphatic heterocycles. The second-order valence-electron chi connectivity index (χ2n) is 14.4. The van der Waals surface area contributed by atoms with Gasteiger partial charge in [0, 0.05) is 42.6 Å². The van der Waals surface area contributed by atoms with Crippen LogP contribution in [0.1, 0.15) is 36.1 Å². The minimum Gasteiger partial charge on any atom is -0.497 e. The highest BCUT2D eigenvalue weighted by Gasteiger charge is 2.65. The fraction of sp³-hybridized carbons (Fsp3) is 0.317. The van der Waals surface area contributed by atoms with Gasteiger partial charge in [-0.1, -0.05) is 91.1 Å². The number of hydrogen-bond acceptors (Lipinski definition) is 7. The Hall–Kier alpha value is -5.10. The first-order chi connectivity index (χ1) is 25.1. The first kappa shape index (κ1) is 35.3. The molecule has 5 aromatic rings.